The molecule has 4 heteroatoms. The fraction of sp³-hybridized carbons (Fsp3) is 0.714. The van der Waals surface area contributed by atoms with Gasteiger partial charge in [0.25, 0.3) is 0 Å². The average molecular weight is 268 g/mol. The van der Waals surface area contributed by atoms with Crippen LogP contribution in [0.1, 0.15) is 31.7 Å². The zero-order valence-electron chi connectivity index (χ0n) is 11.4. The van der Waals surface area contributed by atoms with Gasteiger partial charge in [0, 0.05) is 25.2 Å². The van der Waals surface area contributed by atoms with Crippen molar-refractivity contribution in [3.05, 3.63) is 22.4 Å². The monoisotopic (exact) mass is 268 g/mol. The largest absolute Gasteiger partial charge is 0.378 e. The minimum atomic E-state index is 0.112. The van der Waals surface area contributed by atoms with Gasteiger partial charge in [-0.25, -0.2) is 0 Å². The summed E-state index contributed by atoms with van der Waals surface area (Å²) in [5.74, 6) is 0. The first kappa shape index (κ1) is 14.0. The molecular formula is C14H24N2OS. The summed E-state index contributed by atoms with van der Waals surface area (Å²) in [5.41, 5.74) is 7.59. The van der Waals surface area contributed by atoms with E-state index in [0.717, 1.165) is 32.4 Å². The van der Waals surface area contributed by atoms with Crippen molar-refractivity contribution in [3.63, 3.8) is 0 Å². The molecule has 0 aliphatic carbocycles. The van der Waals surface area contributed by atoms with Gasteiger partial charge in [-0.2, -0.15) is 11.3 Å². The Morgan fingerprint density at radius 1 is 1.61 bits per heavy atom. The molecule has 2 unspecified atom stereocenters. The molecule has 0 bridgehead atoms. The summed E-state index contributed by atoms with van der Waals surface area (Å²) in [6, 6.07) is 2.20. The summed E-state index contributed by atoms with van der Waals surface area (Å²) in [6.45, 7) is 4.73. The molecule has 0 radical (unpaired) electrons. The van der Waals surface area contributed by atoms with Crippen molar-refractivity contribution in [1.29, 1.82) is 0 Å². The summed E-state index contributed by atoms with van der Waals surface area (Å²) in [5, 5.41) is 4.36. The van der Waals surface area contributed by atoms with Crippen LogP contribution in [-0.4, -0.2) is 36.7 Å². The van der Waals surface area contributed by atoms with Crippen LogP contribution in [0.25, 0.3) is 0 Å². The van der Waals surface area contributed by atoms with Crippen molar-refractivity contribution in [1.82, 2.24) is 4.90 Å². The Morgan fingerprint density at radius 2 is 2.44 bits per heavy atom. The van der Waals surface area contributed by atoms with Crippen LogP contribution in [0.15, 0.2) is 16.8 Å². The molecule has 0 spiro atoms. The van der Waals surface area contributed by atoms with Crippen molar-refractivity contribution >= 4 is 11.3 Å². The van der Waals surface area contributed by atoms with Gasteiger partial charge >= 0.3 is 0 Å². The summed E-state index contributed by atoms with van der Waals surface area (Å²) in [7, 11) is 2.20. The number of nitrogens with zero attached hydrogens (tertiary/aromatic N) is 1. The molecule has 18 heavy (non-hydrogen) atoms. The van der Waals surface area contributed by atoms with Crippen molar-refractivity contribution in [2.75, 3.05) is 20.2 Å². The van der Waals surface area contributed by atoms with Crippen molar-refractivity contribution < 1.29 is 4.74 Å². The molecule has 1 aromatic rings. The fourth-order valence-electron chi connectivity index (χ4n) is 2.77. The van der Waals surface area contributed by atoms with E-state index in [0.29, 0.717) is 12.6 Å². The Bertz CT molecular complexity index is 355. The van der Waals surface area contributed by atoms with Crippen LogP contribution in [0.2, 0.25) is 0 Å². The highest BCUT2D eigenvalue weighted by molar-refractivity contribution is 7.07. The van der Waals surface area contributed by atoms with Crippen molar-refractivity contribution in [2.45, 2.75) is 44.4 Å². The normalized spacial score (nSPS) is 28.8. The minimum absolute atomic E-state index is 0.112. The molecule has 2 atom stereocenters. The van der Waals surface area contributed by atoms with Crippen LogP contribution in [0, 0.1) is 0 Å². The maximum absolute atomic E-state index is 6.09. The van der Waals surface area contributed by atoms with E-state index in [2.05, 4.69) is 35.7 Å². The van der Waals surface area contributed by atoms with E-state index in [1.54, 1.807) is 11.3 Å². The third kappa shape index (κ3) is 2.94. The van der Waals surface area contributed by atoms with Gasteiger partial charge in [0.15, 0.2) is 0 Å². The number of ether oxygens (including phenoxy) is 1. The van der Waals surface area contributed by atoms with Gasteiger partial charge in [-0.05, 0) is 48.7 Å². The molecule has 2 N–H and O–H groups in total. The second kappa shape index (κ2) is 6.15. The molecule has 1 aromatic heterocycles. The lowest BCUT2D eigenvalue weighted by Gasteiger charge is -2.46. The first-order chi connectivity index (χ1) is 8.70. The van der Waals surface area contributed by atoms with Crippen LogP contribution in [-0.2, 0) is 11.3 Å². The van der Waals surface area contributed by atoms with E-state index in [9.17, 15) is 0 Å². The molecule has 2 rings (SSSR count). The third-order valence-electron chi connectivity index (χ3n) is 4.17. The first-order valence-electron chi connectivity index (χ1n) is 6.74. The molecule has 0 aromatic carbocycles. The van der Waals surface area contributed by atoms with E-state index in [1.165, 1.54) is 5.56 Å². The van der Waals surface area contributed by atoms with E-state index < -0.39 is 0 Å². The average Bonchev–Trinajstić information content (AvgIpc) is 2.91. The number of hydrogen-bond acceptors (Lipinski definition) is 4. The quantitative estimate of drug-likeness (QED) is 0.891. The molecule has 1 fully saturated rings. The highest BCUT2D eigenvalue weighted by atomic mass is 32.1. The Balaban J connectivity index is 2.05. The standard InChI is InChI=1S/C14H24N2OS/c1-3-13-8-14(11-15,5-6-17-13)16(2)9-12-4-7-18-10-12/h4,7,10,13H,3,5-6,8-9,11,15H2,1-2H3. The molecule has 1 saturated heterocycles. The topological polar surface area (TPSA) is 38.5 Å². The Morgan fingerprint density at radius 3 is 3.06 bits per heavy atom. The maximum Gasteiger partial charge on any atom is 0.0590 e. The minimum Gasteiger partial charge on any atom is -0.378 e. The van der Waals surface area contributed by atoms with Gasteiger partial charge in [-0.1, -0.05) is 6.92 Å². The van der Waals surface area contributed by atoms with Crippen LogP contribution >= 0.6 is 11.3 Å². The van der Waals surface area contributed by atoms with E-state index in [4.69, 9.17) is 10.5 Å². The van der Waals surface area contributed by atoms with E-state index in [1.807, 2.05) is 0 Å². The van der Waals surface area contributed by atoms with Gasteiger partial charge in [-0.3, -0.25) is 4.90 Å². The predicted molar refractivity (Wildman–Crippen MR) is 76.8 cm³/mol. The molecule has 2 heterocycles. The summed E-state index contributed by atoms with van der Waals surface area (Å²) in [6.07, 6.45) is 3.54. The second-order valence-corrected chi connectivity index (χ2v) is 6.05. The van der Waals surface area contributed by atoms with E-state index >= 15 is 0 Å². The summed E-state index contributed by atoms with van der Waals surface area (Å²) < 4.78 is 5.79. The lowest BCUT2D eigenvalue weighted by atomic mass is 9.84. The highest BCUT2D eigenvalue weighted by Gasteiger charge is 2.38. The van der Waals surface area contributed by atoms with Crippen molar-refractivity contribution in [2.24, 2.45) is 5.73 Å². The SMILES string of the molecule is CCC1CC(CN)(N(C)Cc2ccsc2)CCO1. The summed E-state index contributed by atoms with van der Waals surface area (Å²) in [4.78, 5) is 2.43. The lowest BCUT2D eigenvalue weighted by molar-refractivity contribution is -0.0671. The lowest BCUT2D eigenvalue weighted by Crippen LogP contribution is -2.56. The molecule has 3 nitrogen and oxygen atoms in total. The predicted octanol–water partition coefficient (Wildman–Crippen LogP) is 2.47. The number of thiophene rings is 1. The van der Waals surface area contributed by atoms with Gasteiger partial charge in [0.2, 0.25) is 0 Å². The maximum atomic E-state index is 6.09. The van der Waals surface area contributed by atoms with Crippen LogP contribution in [0.4, 0.5) is 0 Å². The number of nitrogens with two attached hydrogens (primary N) is 1. The third-order valence-corrected chi connectivity index (χ3v) is 4.91. The van der Waals surface area contributed by atoms with Crippen molar-refractivity contribution in [3.8, 4) is 0 Å². The zero-order valence-corrected chi connectivity index (χ0v) is 12.2. The van der Waals surface area contributed by atoms with Gasteiger partial charge in [-0.15, -0.1) is 0 Å². The van der Waals surface area contributed by atoms with Crippen LogP contribution in [0.3, 0.4) is 0 Å². The van der Waals surface area contributed by atoms with Gasteiger partial charge < -0.3 is 10.5 Å². The second-order valence-electron chi connectivity index (χ2n) is 5.27. The van der Waals surface area contributed by atoms with Crippen LogP contribution in [0.5, 0.6) is 0 Å². The first-order valence-corrected chi connectivity index (χ1v) is 7.68. The molecule has 0 saturated carbocycles. The summed E-state index contributed by atoms with van der Waals surface area (Å²) >= 11 is 1.76. The number of hydrogen-bond donors (Lipinski definition) is 1. The molecule has 1 aliphatic heterocycles. The Labute approximate surface area is 114 Å². The van der Waals surface area contributed by atoms with Crippen LogP contribution < -0.4 is 5.73 Å². The van der Waals surface area contributed by atoms with E-state index in [-0.39, 0.29) is 5.54 Å². The Hall–Kier alpha value is -0.420. The smallest absolute Gasteiger partial charge is 0.0590 e. The molecular weight excluding hydrogens is 244 g/mol. The fourth-order valence-corrected chi connectivity index (χ4v) is 3.43. The van der Waals surface area contributed by atoms with Gasteiger partial charge in [0.05, 0.1) is 6.10 Å². The molecule has 102 valence electrons. The highest BCUT2D eigenvalue weighted by Crippen LogP contribution is 2.31. The van der Waals surface area contributed by atoms with Gasteiger partial charge in [0.1, 0.15) is 0 Å². The zero-order chi connectivity index (χ0) is 13.0. The molecule has 0 amide bonds. The Kier molecular flexibility index (Phi) is 4.78. The number of likely N-dealkylation sites (N-methyl/N-ethyl adjacent to an activating group) is 1. The number of rotatable bonds is 5. The molecule has 1 aliphatic rings.